The first-order chi connectivity index (χ1) is 6.20. The number of pyridine rings is 1. The SMILES string of the molecule is N#Cc1ccnc(C(=O)O)c1C#N. The van der Waals surface area contributed by atoms with Crippen LogP contribution in [-0.4, -0.2) is 16.1 Å². The monoisotopic (exact) mass is 173 g/mol. The number of hydrogen-bond donors (Lipinski definition) is 1. The lowest BCUT2D eigenvalue weighted by atomic mass is 10.1. The van der Waals surface area contributed by atoms with Crippen molar-refractivity contribution in [2.75, 3.05) is 0 Å². The van der Waals surface area contributed by atoms with Gasteiger partial charge in [0.2, 0.25) is 0 Å². The molecular formula is C8H3N3O2. The Hall–Kier alpha value is -2.40. The molecule has 1 rings (SSSR count). The van der Waals surface area contributed by atoms with Gasteiger partial charge in [-0.25, -0.2) is 9.78 Å². The quantitative estimate of drug-likeness (QED) is 0.667. The van der Waals surface area contributed by atoms with Crippen LogP contribution in [0.4, 0.5) is 0 Å². The summed E-state index contributed by atoms with van der Waals surface area (Å²) in [6, 6.07) is 4.64. The lowest BCUT2D eigenvalue weighted by molar-refractivity contribution is 0.0690. The summed E-state index contributed by atoms with van der Waals surface area (Å²) < 4.78 is 0. The van der Waals surface area contributed by atoms with Crippen molar-refractivity contribution in [1.82, 2.24) is 4.98 Å². The third-order valence-electron chi connectivity index (χ3n) is 1.39. The molecule has 0 aliphatic carbocycles. The van der Waals surface area contributed by atoms with E-state index in [9.17, 15) is 4.79 Å². The highest BCUT2D eigenvalue weighted by Gasteiger charge is 2.14. The third kappa shape index (κ3) is 1.44. The van der Waals surface area contributed by atoms with E-state index in [1.165, 1.54) is 12.3 Å². The number of aromatic nitrogens is 1. The fourth-order valence-corrected chi connectivity index (χ4v) is 0.830. The average molecular weight is 173 g/mol. The summed E-state index contributed by atoms with van der Waals surface area (Å²) in [5, 5.41) is 25.7. The summed E-state index contributed by atoms with van der Waals surface area (Å²) in [4.78, 5) is 14.0. The highest BCUT2D eigenvalue weighted by Crippen LogP contribution is 2.09. The van der Waals surface area contributed by atoms with E-state index >= 15 is 0 Å². The van der Waals surface area contributed by atoms with Crippen LogP contribution >= 0.6 is 0 Å². The molecule has 1 aromatic rings. The van der Waals surface area contributed by atoms with Gasteiger partial charge >= 0.3 is 5.97 Å². The van der Waals surface area contributed by atoms with E-state index in [2.05, 4.69) is 4.98 Å². The molecule has 5 heteroatoms. The molecule has 0 aromatic carbocycles. The van der Waals surface area contributed by atoms with Crippen LogP contribution in [0.25, 0.3) is 0 Å². The highest BCUT2D eigenvalue weighted by molar-refractivity contribution is 5.89. The Labute approximate surface area is 73.5 Å². The molecule has 0 atom stereocenters. The minimum atomic E-state index is -1.31. The van der Waals surface area contributed by atoms with Crippen LogP contribution in [0.3, 0.4) is 0 Å². The minimum Gasteiger partial charge on any atom is -0.476 e. The van der Waals surface area contributed by atoms with Gasteiger partial charge in [-0.3, -0.25) is 0 Å². The van der Waals surface area contributed by atoms with E-state index in [1.54, 1.807) is 12.1 Å². The number of aromatic carboxylic acids is 1. The van der Waals surface area contributed by atoms with Gasteiger partial charge in [0.15, 0.2) is 5.69 Å². The number of nitrogens with zero attached hydrogens (tertiary/aromatic N) is 3. The molecule has 62 valence electrons. The summed E-state index contributed by atoms with van der Waals surface area (Å²) in [5.41, 5.74) is -0.561. The van der Waals surface area contributed by atoms with Gasteiger partial charge in [0.05, 0.1) is 5.56 Å². The molecule has 0 saturated heterocycles. The number of carbonyl (C=O) groups is 1. The minimum absolute atomic E-state index is 0.0231. The molecule has 0 unspecified atom stereocenters. The lowest BCUT2D eigenvalue weighted by Crippen LogP contribution is -2.05. The van der Waals surface area contributed by atoms with Crippen LogP contribution in [0.1, 0.15) is 21.6 Å². The van der Waals surface area contributed by atoms with Crippen molar-refractivity contribution in [1.29, 1.82) is 10.5 Å². The second kappa shape index (κ2) is 3.33. The van der Waals surface area contributed by atoms with Gasteiger partial charge in [0.1, 0.15) is 17.7 Å². The van der Waals surface area contributed by atoms with E-state index in [1.807, 2.05) is 0 Å². The van der Waals surface area contributed by atoms with Crippen LogP contribution in [0, 0.1) is 22.7 Å². The number of hydrogen-bond acceptors (Lipinski definition) is 4. The molecule has 0 aliphatic heterocycles. The van der Waals surface area contributed by atoms with Crippen molar-refractivity contribution in [3.63, 3.8) is 0 Å². The van der Waals surface area contributed by atoms with Gasteiger partial charge in [0.25, 0.3) is 0 Å². The summed E-state index contributed by atoms with van der Waals surface area (Å²) in [6.45, 7) is 0. The molecule has 1 heterocycles. The maximum Gasteiger partial charge on any atom is 0.355 e. The average Bonchev–Trinajstić information content (AvgIpc) is 2.16. The summed E-state index contributed by atoms with van der Waals surface area (Å²) >= 11 is 0. The zero-order valence-electron chi connectivity index (χ0n) is 6.35. The Morgan fingerprint density at radius 2 is 2.15 bits per heavy atom. The fourth-order valence-electron chi connectivity index (χ4n) is 0.830. The molecule has 0 spiro atoms. The largest absolute Gasteiger partial charge is 0.476 e. The molecule has 0 fully saturated rings. The van der Waals surface area contributed by atoms with Gasteiger partial charge in [0, 0.05) is 6.20 Å². The molecule has 5 nitrogen and oxygen atoms in total. The molecule has 0 bridgehead atoms. The van der Waals surface area contributed by atoms with Crippen molar-refractivity contribution in [2.24, 2.45) is 0 Å². The first-order valence-electron chi connectivity index (χ1n) is 3.23. The predicted molar refractivity (Wildman–Crippen MR) is 40.6 cm³/mol. The number of carboxylic acids is 1. The van der Waals surface area contributed by atoms with Crippen molar-refractivity contribution in [2.45, 2.75) is 0 Å². The molecule has 1 aromatic heterocycles. The van der Waals surface area contributed by atoms with Crippen LogP contribution in [0.2, 0.25) is 0 Å². The second-order valence-electron chi connectivity index (χ2n) is 2.11. The summed E-state index contributed by atoms with van der Waals surface area (Å²) in [7, 11) is 0. The van der Waals surface area contributed by atoms with Gasteiger partial charge in [-0.1, -0.05) is 0 Å². The maximum absolute atomic E-state index is 10.5. The molecule has 0 saturated carbocycles. The fraction of sp³-hybridized carbons (Fsp3) is 0. The molecular weight excluding hydrogens is 170 g/mol. The Morgan fingerprint density at radius 1 is 1.46 bits per heavy atom. The Morgan fingerprint density at radius 3 is 2.62 bits per heavy atom. The Balaban J connectivity index is 3.49. The van der Waals surface area contributed by atoms with Gasteiger partial charge in [-0.2, -0.15) is 10.5 Å². The molecule has 0 radical (unpaired) electrons. The van der Waals surface area contributed by atoms with E-state index in [-0.39, 0.29) is 16.8 Å². The van der Waals surface area contributed by atoms with Crippen LogP contribution in [0.15, 0.2) is 12.3 Å². The molecule has 1 N–H and O–H groups in total. The third-order valence-corrected chi connectivity index (χ3v) is 1.39. The summed E-state index contributed by atoms with van der Waals surface area (Å²) in [6.07, 6.45) is 1.18. The zero-order valence-corrected chi connectivity index (χ0v) is 6.35. The van der Waals surface area contributed by atoms with Crippen molar-refractivity contribution >= 4 is 5.97 Å². The molecule has 0 amide bonds. The van der Waals surface area contributed by atoms with Crippen molar-refractivity contribution < 1.29 is 9.90 Å². The smallest absolute Gasteiger partial charge is 0.355 e. The molecule has 13 heavy (non-hydrogen) atoms. The van der Waals surface area contributed by atoms with E-state index in [0.29, 0.717) is 0 Å². The van der Waals surface area contributed by atoms with Crippen LogP contribution in [0.5, 0.6) is 0 Å². The number of rotatable bonds is 1. The first-order valence-corrected chi connectivity index (χ1v) is 3.23. The van der Waals surface area contributed by atoms with E-state index in [0.717, 1.165) is 0 Å². The zero-order chi connectivity index (χ0) is 9.84. The summed E-state index contributed by atoms with van der Waals surface area (Å²) in [5.74, 6) is -1.31. The van der Waals surface area contributed by atoms with Gasteiger partial charge < -0.3 is 5.11 Å². The highest BCUT2D eigenvalue weighted by atomic mass is 16.4. The van der Waals surface area contributed by atoms with Gasteiger partial charge in [-0.15, -0.1) is 0 Å². The van der Waals surface area contributed by atoms with Crippen molar-refractivity contribution in [3.8, 4) is 12.1 Å². The normalized spacial score (nSPS) is 8.46. The van der Waals surface area contributed by atoms with Crippen LogP contribution < -0.4 is 0 Å². The topological polar surface area (TPSA) is 97.8 Å². The predicted octanol–water partition coefficient (Wildman–Crippen LogP) is 0.523. The van der Waals surface area contributed by atoms with Gasteiger partial charge in [-0.05, 0) is 6.07 Å². The lowest BCUT2D eigenvalue weighted by Gasteiger charge is -1.96. The Kier molecular flexibility index (Phi) is 2.23. The molecule has 0 aliphatic rings. The number of nitriles is 2. The standard InChI is InChI=1S/C8H3N3O2/c9-3-5-1-2-11-7(8(12)13)6(5)4-10/h1-2H,(H,12,13). The van der Waals surface area contributed by atoms with Crippen LogP contribution in [-0.2, 0) is 0 Å². The first kappa shape index (κ1) is 8.69. The van der Waals surface area contributed by atoms with E-state index < -0.39 is 5.97 Å². The number of carboxylic acid groups (broad SMARTS) is 1. The Bertz CT molecular complexity index is 440. The maximum atomic E-state index is 10.5. The van der Waals surface area contributed by atoms with E-state index in [4.69, 9.17) is 15.6 Å². The second-order valence-corrected chi connectivity index (χ2v) is 2.11. The van der Waals surface area contributed by atoms with Crippen molar-refractivity contribution in [3.05, 3.63) is 29.1 Å².